The Bertz CT molecular complexity index is 2500. The number of hydrogen-bond acceptors (Lipinski definition) is 16. The molecule has 3 aliphatic heterocycles. The van der Waals surface area contributed by atoms with E-state index in [2.05, 4.69) is 10.3 Å². The number of ether oxygens (including phenoxy) is 3. The zero-order valence-corrected chi connectivity index (χ0v) is 34.3. The molecule has 0 bridgehead atoms. The predicted octanol–water partition coefficient (Wildman–Crippen LogP) is 0.865. The lowest BCUT2D eigenvalue weighted by atomic mass is 9.78. The lowest BCUT2D eigenvalue weighted by Crippen LogP contribution is -3.09. The summed E-state index contributed by atoms with van der Waals surface area (Å²) in [5.74, 6) is -2.87. The minimum absolute atomic E-state index is 0.0137. The molecule has 1 aromatic heterocycles. The lowest BCUT2D eigenvalue weighted by molar-refractivity contribution is -1.04. The minimum Gasteiger partial charge on any atom is -0.508 e. The van der Waals surface area contributed by atoms with Gasteiger partial charge in [-0.1, -0.05) is 29.3 Å². The number of esters is 1. The van der Waals surface area contributed by atoms with Crippen molar-refractivity contribution in [3.05, 3.63) is 111 Å². The van der Waals surface area contributed by atoms with Gasteiger partial charge in [-0.25, -0.2) is 14.6 Å². The molecule has 332 valence electrons. The van der Waals surface area contributed by atoms with Gasteiger partial charge < -0.3 is 54.1 Å². The molecule has 1 unspecified atom stereocenters. The summed E-state index contributed by atoms with van der Waals surface area (Å²) in [6, 6.07) is 14.2. The quantitative estimate of drug-likeness (QED) is 0.0298. The van der Waals surface area contributed by atoms with Crippen LogP contribution in [-0.2, 0) is 28.7 Å². The fourth-order valence-corrected chi connectivity index (χ4v) is 8.03. The Morgan fingerprint density at radius 3 is 2.52 bits per heavy atom. The third-order valence-corrected chi connectivity index (χ3v) is 11.1. The Labute approximate surface area is 359 Å². The monoisotopic (exact) mass is 870 g/mol. The molecule has 4 aromatic rings. The van der Waals surface area contributed by atoms with Gasteiger partial charge in [-0.15, -0.1) is 0 Å². The van der Waals surface area contributed by atoms with Crippen LogP contribution in [0.1, 0.15) is 36.0 Å². The lowest BCUT2D eigenvalue weighted by Gasteiger charge is -2.50. The maximum absolute atomic E-state index is 13.6. The second-order valence-electron chi connectivity index (χ2n) is 15.6. The maximum Gasteiger partial charge on any atom is 0.334 e. The van der Waals surface area contributed by atoms with Crippen molar-refractivity contribution in [2.24, 2.45) is 4.99 Å². The zero-order chi connectivity index (χ0) is 45.0. The summed E-state index contributed by atoms with van der Waals surface area (Å²) >= 11 is 0. The first-order valence-electron chi connectivity index (χ1n) is 20.3. The molecule has 1 fully saturated rings. The number of carbonyl (C=O) groups is 3. The molecule has 8 atom stereocenters. The van der Waals surface area contributed by atoms with Crippen molar-refractivity contribution in [2.75, 3.05) is 26.3 Å². The number of aryl methyl sites for hydroxylation is 2. The molecule has 3 aromatic carbocycles. The van der Waals surface area contributed by atoms with E-state index in [9.17, 15) is 49.8 Å². The molecule has 1 saturated heterocycles. The Hall–Kier alpha value is -6.09. The van der Waals surface area contributed by atoms with Gasteiger partial charge in [0, 0.05) is 43.0 Å². The largest absolute Gasteiger partial charge is 0.508 e. The molecule has 0 saturated carbocycles. The Kier molecular flexibility index (Phi) is 13.6. The molecular weight excluding hydrogens is 823 g/mol. The third-order valence-electron chi connectivity index (χ3n) is 11.1. The average Bonchev–Trinajstić information content (AvgIpc) is 3.85. The summed E-state index contributed by atoms with van der Waals surface area (Å²) in [5, 5.41) is 68.7. The molecule has 18 heteroatoms. The van der Waals surface area contributed by atoms with Gasteiger partial charge in [-0.2, -0.15) is 9.90 Å². The van der Waals surface area contributed by atoms with Crippen molar-refractivity contribution in [1.82, 2.24) is 5.32 Å². The van der Waals surface area contributed by atoms with E-state index in [4.69, 9.17) is 23.5 Å². The van der Waals surface area contributed by atoms with Crippen LogP contribution in [0.25, 0.3) is 27.8 Å². The first kappa shape index (κ1) is 44.9. The molecule has 18 nitrogen and oxygen atoms in total. The topological polar surface area (TPSA) is 269 Å². The highest BCUT2D eigenvalue weighted by molar-refractivity contribution is 5.98. The van der Waals surface area contributed by atoms with E-state index >= 15 is 0 Å². The van der Waals surface area contributed by atoms with Gasteiger partial charge in [0.2, 0.25) is 18.4 Å². The number of fused-ring (bicyclic) bond motifs is 2. The van der Waals surface area contributed by atoms with Gasteiger partial charge in [0.05, 0.1) is 17.1 Å². The van der Waals surface area contributed by atoms with E-state index in [-0.39, 0.29) is 72.4 Å². The number of aldehydes is 1. The summed E-state index contributed by atoms with van der Waals surface area (Å²) < 4.78 is 23.8. The number of aliphatic imine (C=N–C) groups is 1. The number of rotatable bonds is 18. The molecule has 0 spiro atoms. The van der Waals surface area contributed by atoms with Crippen molar-refractivity contribution in [2.45, 2.75) is 75.5 Å². The molecule has 0 amide bonds. The molecule has 3 aliphatic rings. The first-order chi connectivity index (χ1) is 30.2. The number of nitrogens with zero attached hydrogens (tertiary/aromatic N) is 1. The number of carboxylic acid groups (broad SMARTS) is 1. The predicted molar refractivity (Wildman–Crippen MR) is 223 cm³/mol. The Morgan fingerprint density at radius 1 is 1.08 bits per heavy atom. The number of nitrogens with one attached hydrogen (secondary N) is 2. The highest BCUT2D eigenvalue weighted by atomic mass is 16.8. The number of aliphatic hydroxyl groups excluding tert-OH is 3. The van der Waals surface area contributed by atoms with Gasteiger partial charge in [-0.05, 0) is 74.7 Å². The van der Waals surface area contributed by atoms with Gasteiger partial charge in [0.25, 0.3) is 0 Å². The van der Waals surface area contributed by atoms with E-state index < -0.39 is 60.9 Å². The van der Waals surface area contributed by atoms with Crippen molar-refractivity contribution < 1.29 is 73.6 Å². The van der Waals surface area contributed by atoms with Gasteiger partial charge in [-0.3, -0.25) is 10.1 Å². The number of carbonyl (C=O) groups excluding carboxylic acids is 2. The fraction of sp³-hybridized carbons (Fsp3) is 0.356. The van der Waals surface area contributed by atoms with Gasteiger partial charge >= 0.3 is 11.9 Å². The standard InChI is InChI=1S/C45H47N3O15/c1-24-17-25(2)19-28(18-24)38-36-27(12-14-47-36)21-48(38)63-41-44(61-30-10-11-31-33(20-30)59-22-32(39(31)53)26-6-8-29(51)9-7-26)62-34(40(54)45(41,58)35(52)5-3-15-49)23-60-43(57)37(42(55)56)46-13-4-16-50/h6-12,14,16-20,22,34-35,37,40-41,44,46,49,51-52,54,58H,3-5,13,15,21,23H2,1-2H3,(H,55,56)/p+1/t34-,35+,37+,40-,41+,44-,45+/m0/s1. The SMILES string of the molecule is Cc1cc(C)cc(C2=C3N=CC=C3C[NH+]2O[C@@H]2[C@@H](Oc3ccc4c(=O)c(-c5ccc(O)cc5)coc4c3)O[C@@H](COC(=O)[C@H](NCCC=O)C(=O)O)[C@H](O)[C@]2(O)[C@H](O)CCCO)c1. The van der Waals surface area contributed by atoms with Crippen LogP contribution in [0, 0.1) is 13.8 Å². The van der Waals surface area contributed by atoms with E-state index in [0.717, 1.165) is 22.3 Å². The number of hydroxylamine groups is 2. The van der Waals surface area contributed by atoms with Crippen LogP contribution in [0.5, 0.6) is 11.5 Å². The van der Waals surface area contributed by atoms with E-state index in [0.29, 0.717) is 28.3 Å². The number of aliphatic hydroxyl groups is 4. The molecule has 4 heterocycles. The number of phenols is 1. The number of hydrogen-bond donors (Lipinski definition) is 8. The van der Waals surface area contributed by atoms with Crippen LogP contribution < -0.4 is 20.5 Å². The average molecular weight is 871 g/mol. The maximum atomic E-state index is 13.6. The summed E-state index contributed by atoms with van der Waals surface area (Å²) in [7, 11) is 0. The smallest absolute Gasteiger partial charge is 0.334 e. The molecular formula is C45H48N3O15+. The highest BCUT2D eigenvalue weighted by Gasteiger charge is 2.63. The van der Waals surface area contributed by atoms with Crippen LogP contribution in [-0.4, -0.2) is 124 Å². The third kappa shape index (κ3) is 9.34. The first-order valence-corrected chi connectivity index (χ1v) is 20.3. The molecule has 0 aliphatic carbocycles. The number of allylic oxidation sites excluding steroid dienone is 1. The van der Waals surface area contributed by atoms with Crippen LogP contribution in [0.15, 0.2) is 98.5 Å². The van der Waals surface area contributed by atoms with E-state index in [1.807, 2.05) is 38.1 Å². The molecule has 63 heavy (non-hydrogen) atoms. The van der Waals surface area contributed by atoms with Gasteiger partial charge in [0.15, 0.2) is 16.7 Å². The van der Waals surface area contributed by atoms with Crippen molar-refractivity contribution in [3.8, 4) is 22.6 Å². The number of aromatic hydroxyl groups is 1. The van der Waals surface area contributed by atoms with Crippen molar-refractivity contribution in [1.29, 1.82) is 0 Å². The molecule has 7 rings (SSSR count). The molecule has 8 N–H and O–H groups in total. The van der Waals surface area contributed by atoms with E-state index in [1.54, 1.807) is 18.3 Å². The summed E-state index contributed by atoms with van der Waals surface area (Å²) in [6.07, 6.45) is -4.26. The van der Waals surface area contributed by atoms with Gasteiger partial charge in [0.1, 0.15) is 60.7 Å². The number of benzene rings is 3. The second kappa shape index (κ2) is 19.1. The van der Waals surface area contributed by atoms with Crippen molar-refractivity contribution in [3.63, 3.8) is 0 Å². The van der Waals surface area contributed by atoms with Crippen LogP contribution in [0.2, 0.25) is 0 Å². The van der Waals surface area contributed by atoms with E-state index in [1.165, 1.54) is 36.6 Å². The van der Waals surface area contributed by atoms with Crippen LogP contribution in [0.4, 0.5) is 0 Å². The fourth-order valence-electron chi connectivity index (χ4n) is 8.03. The highest BCUT2D eigenvalue weighted by Crippen LogP contribution is 2.39. The summed E-state index contributed by atoms with van der Waals surface area (Å²) in [6.45, 7) is 2.65. The summed E-state index contributed by atoms with van der Waals surface area (Å²) in [4.78, 5) is 60.8. The van der Waals surface area contributed by atoms with Crippen LogP contribution >= 0.6 is 0 Å². The Balaban J connectivity index is 1.28. The number of quaternary nitrogens is 1. The summed E-state index contributed by atoms with van der Waals surface area (Å²) in [5.41, 5.74) is 2.36. The Morgan fingerprint density at radius 2 is 1.83 bits per heavy atom. The second-order valence-corrected chi connectivity index (χ2v) is 15.6. The number of carboxylic acids is 1. The minimum atomic E-state index is -2.70. The van der Waals surface area contributed by atoms with Crippen molar-refractivity contribution >= 4 is 41.1 Å². The number of phenolic OH excluding ortho intramolecular Hbond substituents is 1. The zero-order valence-electron chi connectivity index (χ0n) is 34.3. The number of aliphatic carboxylic acids is 1. The van der Waals surface area contributed by atoms with Crippen LogP contribution in [0.3, 0.4) is 0 Å². The molecule has 0 radical (unpaired) electrons. The normalized spacial score (nSPS) is 23.9.